The van der Waals surface area contributed by atoms with E-state index in [0.29, 0.717) is 16.8 Å². The van der Waals surface area contributed by atoms with Crippen LogP contribution in [0.4, 0.5) is 11.4 Å². The number of nitrogens with zero attached hydrogens (tertiary/aromatic N) is 4. The van der Waals surface area contributed by atoms with Gasteiger partial charge in [0.15, 0.2) is 0 Å². The summed E-state index contributed by atoms with van der Waals surface area (Å²) in [5.74, 6) is -1.61. The number of non-ortho nitro benzene ring substituents is 2. The third-order valence-corrected chi connectivity index (χ3v) is 4.72. The van der Waals surface area contributed by atoms with Gasteiger partial charge in [-0.05, 0) is 38.1 Å². The Kier molecular flexibility index (Phi) is 7.31. The number of esters is 2. The summed E-state index contributed by atoms with van der Waals surface area (Å²) >= 11 is 0. The lowest BCUT2D eigenvalue weighted by atomic mass is 10.0. The van der Waals surface area contributed by atoms with Crippen molar-refractivity contribution in [1.82, 2.24) is 9.55 Å². The zero-order valence-corrected chi connectivity index (χ0v) is 18.3. The molecule has 0 amide bonds. The van der Waals surface area contributed by atoms with E-state index in [2.05, 4.69) is 4.98 Å². The Balaban J connectivity index is 2.27. The van der Waals surface area contributed by atoms with Gasteiger partial charge in [-0.2, -0.15) is 0 Å². The number of carbonyl (C=O) groups excluding carboxylic acids is 2. The highest BCUT2D eigenvalue weighted by molar-refractivity contribution is 5.91. The van der Waals surface area contributed by atoms with Gasteiger partial charge in [-0.3, -0.25) is 25.0 Å². The fraction of sp³-hybridized carbons (Fsp3) is 0.227. The molecule has 2 aromatic carbocycles. The summed E-state index contributed by atoms with van der Waals surface area (Å²) < 4.78 is 11.4. The minimum Gasteiger partial charge on any atom is -0.465 e. The van der Waals surface area contributed by atoms with Crippen LogP contribution in [0.3, 0.4) is 0 Å². The highest BCUT2D eigenvalue weighted by Gasteiger charge is 2.27. The van der Waals surface area contributed by atoms with Gasteiger partial charge in [-0.25, -0.2) is 9.78 Å². The molecule has 0 unspecified atom stereocenters. The average molecular weight is 468 g/mol. The van der Waals surface area contributed by atoms with Crippen molar-refractivity contribution in [2.75, 3.05) is 13.2 Å². The van der Waals surface area contributed by atoms with E-state index in [-0.39, 0.29) is 42.7 Å². The van der Waals surface area contributed by atoms with Crippen LogP contribution in [0.1, 0.15) is 24.5 Å². The van der Waals surface area contributed by atoms with E-state index in [1.807, 2.05) is 0 Å². The van der Waals surface area contributed by atoms with Crippen LogP contribution < -0.4 is 0 Å². The second-order valence-corrected chi connectivity index (χ2v) is 6.85. The molecule has 0 aliphatic heterocycles. The maximum absolute atomic E-state index is 12.7. The first kappa shape index (κ1) is 24.0. The zero-order chi connectivity index (χ0) is 24.8. The highest BCUT2D eigenvalue weighted by Crippen LogP contribution is 2.35. The van der Waals surface area contributed by atoms with Crippen LogP contribution in [0.2, 0.25) is 0 Å². The van der Waals surface area contributed by atoms with Crippen LogP contribution in [-0.2, 0) is 20.8 Å². The molecule has 34 heavy (non-hydrogen) atoms. The lowest BCUT2D eigenvalue weighted by molar-refractivity contribution is -0.385. The highest BCUT2D eigenvalue weighted by atomic mass is 16.6. The molecule has 3 rings (SSSR count). The van der Waals surface area contributed by atoms with Crippen molar-refractivity contribution in [2.45, 2.75) is 20.4 Å². The second-order valence-electron chi connectivity index (χ2n) is 6.85. The van der Waals surface area contributed by atoms with E-state index in [4.69, 9.17) is 9.47 Å². The van der Waals surface area contributed by atoms with Crippen LogP contribution in [0.25, 0.3) is 22.5 Å². The van der Waals surface area contributed by atoms with Crippen LogP contribution in [0, 0.1) is 20.2 Å². The summed E-state index contributed by atoms with van der Waals surface area (Å²) in [6, 6.07) is 11.0. The molecule has 0 spiro atoms. The maximum Gasteiger partial charge on any atom is 0.374 e. The van der Waals surface area contributed by atoms with Gasteiger partial charge in [0.25, 0.3) is 11.4 Å². The lowest BCUT2D eigenvalue weighted by Gasteiger charge is -2.12. The molecule has 0 atom stereocenters. The first-order valence-electron chi connectivity index (χ1n) is 10.2. The van der Waals surface area contributed by atoms with Crippen molar-refractivity contribution in [3.05, 3.63) is 74.6 Å². The third-order valence-electron chi connectivity index (χ3n) is 4.72. The van der Waals surface area contributed by atoms with Crippen LogP contribution >= 0.6 is 0 Å². The van der Waals surface area contributed by atoms with E-state index in [1.54, 1.807) is 13.8 Å². The van der Waals surface area contributed by atoms with Crippen LogP contribution in [0.5, 0.6) is 0 Å². The summed E-state index contributed by atoms with van der Waals surface area (Å²) in [7, 11) is 0. The van der Waals surface area contributed by atoms with Crippen molar-refractivity contribution in [3.8, 4) is 22.5 Å². The molecule has 0 fully saturated rings. The number of imidazole rings is 1. The standard InChI is InChI=1S/C22H20N4O8/c1-3-33-18(27)13-24-20(15-7-11-17(12-8-15)26(31)32)19(23-21(24)22(28)34-4-2)14-5-9-16(10-6-14)25(29)30/h5-12H,3-4,13H2,1-2H3. The second kappa shape index (κ2) is 10.3. The lowest BCUT2D eigenvalue weighted by Crippen LogP contribution is -2.20. The normalized spacial score (nSPS) is 10.5. The molecule has 3 aromatic rings. The first-order valence-corrected chi connectivity index (χ1v) is 10.2. The molecule has 0 bridgehead atoms. The number of ether oxygens (including phenoxy) is 2. The molecule has 0 aliphatic rings. The van der Waals surface area contributed by atoms with Crippen molar-refractivity contribution in [1.29, 1.82) is 0 Å². The smallest absolute Gasteiger partial charge is 0.374 e. The molecule has 1 heterocycles. The predicted octanol–water partition coefficient (Wildman–Crippen LogP) is 3.77. The molecule has 1 aromatic heterocycles. The molecular formula is C22H20N4O8. The number of nitro benzene ring substituents is 2. The van der Waals surface area contributed by atoms with Gasteiger partial charge in [0.1, 0.15) is 6.54 Å². The Labute approximate surface area is 193 Å². The minimum absolute atomic E-state index is 0.0603. The van der Waals surface area contributed by atoms with Gasteiger partial charge < -0.3 is 14.0 Å². The van der Waals surface area contributed by atoms with Gasteiger partial charge in [-0.15, -0.1) is 0 Å². The molecular weight excluding hydrogens is 448 g/mol. The van der Waals surface area contributed by atoms with E-state index < -0.39 is 21.8 Å². The van der Waals surface area contributed by atoms with Crippen molar-refractivity contribution in [3.63, 3.8) is 0 Å². The van der Waals surface area contributed by atoms with E-state index in [0.717, 1.165) is 0 Å². The Bertz CT molecular complexity index is 1230. The van der Waals surface area contributed by atoms with Gasteiger partial charge in [0, 0.05) is 35.4 Å². The number of rotatable bonds is 9. The fourth-order valence-corrected chi connectivity index (χ4v) is 3.27. The van der Waals surface area contributed by atoms with Crippen molar-refractivity contribution in [2.24, 2.45) is 0 Å². The largest absolute Gasteiger partial charge is 0.465 e. The van der Waals surface area contributed by atoms with Crippen molar-refractivity contribution >= 4 is 23.3 Å². The van der Waals surface area contributed by atoms with Gasteiger partial charge >= 0.3 is 11.9 Å². The Morgan fingerprint density at radius 2 is 1.35 bits per heavy atom. The van der Waals surface area contributed by atoms with E-state index >= 15 is 0 Å². The number of nitro groups is 2. The summed E-state index contributed by atoms with van der Waals surface area (Å²) in [5, 5.41) is 22.1. The van der Waals surface area contributed by atoms with Crippen LogP contribution in [-0.4, -0.2) is 44.6 Å². The molecule has 12 nitrogen and oxygen atoms in total. The number of hydrogen-bond donors (Lipinski definition) is 0. The number of carbonyl (C=O) groups is 2. The minimum atomic E-state index is -0.789. The Morgan fingerprint density at radius 1 is 0.853 bits per heavy atom. The first-order chi connectivity index (χ1) is 16.3. The molecule has 176 valence electrons. The zero-order valence-electron chi connectivity index (χ0n) is 18.3. The Hall–Kier alpha value is -4.61. The van der Waals surface area contributed by atoms with E-state index in [1.165, 1.54) is 53.1 Å². The van der Waals surface area contributed by atoms with Crippen molar-refractivity contribution < 1.29 is 28.9 Å². The quantitative estimate of drug-likeness (QED) is 0.259. The fourth-order valence-electron chi connectivity index (χ4n) is 3.27. The molecule has 0 radical (unpaired) electrons. The summed E-state index contributed by atoms with van der Waals surface area (Å²) in [6.45, 7) is 3.05. The maximum atomic E-state index is 12.7. The molecule has 0 saturated heterocycles. The summed E-state index contributed by atoms with van der Waals surface area (Å²) in [6.07, 6.45) is 0. The third kappa shape index (κ3) is 5.06. The summed E-state index contributed by atoms with van der Waals surface area (Å²) in [5.41, 5.74) is 1.08. The predicted molar refractivity (Wildman–Crippen MR) is 119 cm³/mol. The van der Waals surface area contributed by atoms with Crippen LogP contribution in [0.15, 0.2) is 48.5 Å². The number of benzene rings is 2. The van der Waals surface area contributed by atoms with Gasteiger partial charge in [-0.1, -0.05) is 0 Å². The summed E-state index contributed by atoms with van der Waals surface area (Å²) in [4.78, 5) is 50.5. The van der Waals surface area contributed by atoms with Gasteiger partial charge in [0.2, 0.25) is 5.82 Å². The molecule has 0 aliphatic carbocycles. The molecule has 0 saturated carbocycles. The number of hydrogen-bond acceptors (Lipinski definition) is 9. The average Bonchev–Trinajstić information content (AvgIpc) is 3.18. The van der Waals surface area contributed by atoms with Gasteiger partial charge in [0.05, 0.1) is 34.4 Å². The number of aromatic nitrogens is 2. The monoisotopic (exact) mass is 468 g/mol. The topological polar surface area (TPSA) is 157 Å². The Morgan fingerprint density at radius 3 is 1.82 bits per heavy atom. The van der Waals surface area contributed by atoms with E-state index in [9.17, 15) is 29.8 Å². The molecule has 0 N–H and O–H groups in total. The molecule has 12 heteroatoms. The SMILES string of the molecule is CCOC(=O)Cn1c(C(=O)OCC)nc(-c2ccc([N+](=O)[O-])cc2)c1-c1ccc([N+](=O)[O-])cc1.